The fourth-order valence-corrected chi connectivity index (χ4v) is 2.24. The molecule has 84 valence electrons. The van der Waals surface area contributed by atoms with Crippen molar-refractivity contribution in [1.29, 1.82) is 0 Å². The van der Waals surface area contributed by atoms with Crippen LogP contribution in [0.4, 0.5) is 10.8 Å². The number of nitrogens with two attached hydrogens (primary N) is 1. The van der Waals surface area contributed by atoms with Gasteiger partial charge >= 0.3 is 0 Å². The Bertz CT molecular complexity index is 521. The van der Waals surface area contributed by atoms with Crippen LogP contribution in [0.25, 0.3) is 10.2 Å². The number of anilines is 2. The lowest BCUT2D eigenvalue weighted by Gasteiger charge is -2.03. The molecule has 0 bridgehead atoms. The van der Waals surface area contributed by atoms with Gasteiger partial charge < -0.3 is 11.1 Å². The maximum Gasteiger partial charge on any atom is 0.224 e. The molecular weight excluding hydrogens is 222 g/mol. The number of thiazole rings is 1. The van der Waals surface area contributed by atoms with Gasteiger partial charge in [0.15, 0.2) is 5.13 Å². The molecule has 0 radical (unpaired) electrons. The number of carbonyl (C=O) groups excluding carboxylic acids is 1. The van der Waals surface area contributed by atoms with E-state index in [2.05, 4.69) is 10.3 Å². The number of hydrogen-bond donors (Lipinski definition) is 2. The smallest absolute Gasteiger partial charge is 0.224 e. The number of hydrogen-bond acceptors (Lipinski definition) is 4. The lowest BCUT2D eigenvalue weighted by Crippen LogP contribution is -2.10. The summed E-state index contributed by atoms with van der Waals surface area (Å²) in [7, 11) is 0. The number of benzene rings is 1. The van der Waals surface area contributed by atoms with Crippen molar-refractivity contribution in [3.63, 3.8) is 0 Å². The first-order valence-electron chi connectivity index (χ1n) is 5.15. The third-order valence-electron chi connectivity index (χ3n) is 2.17. The van der Waals surface area contributed by atoms with Gasteiger partial charge in [0.2, 0.25) is 5.91 Å². The van der Waals surface area contributed by atoms with E-state index in [4.69, 9.17) is 5.73 Å². The second-order valence-electron chi connectivity index (χ2n) is 3.53. The van der Waals surface area contributed by atoms with Gasteiger partial charge in [0.05, 0.1) is 10.2 Å². The van der Waals surface area contributed by atoms with E-state index in [1.807, 2.05) is 25.1 Å². The molecule has 1 amide bonds. The molecule has 1 aromatic carbocycles. The molecule has 3 N–H and O–H groups in total. The number of amides is 1. The first-order chi connectivity index (χ1) is 7.69. The minimum Gasteiger partial charge on any atom is -0.375 e. The Morgan fingerprint density at radius 3 is 3.12 bits per heavy atom. The molecule has 2 aromatic rings. The minimum atomic E-state index is 0.0411. The normalized spacial score (nSPS) is 10.6. The fraction of sp³-hybridized carbons (Fsp3) is 0.273. The summed E-state index contributed by atoms with van der Waals surface area (Å²) in [4.78, 5) is 15.6. The molecule has 5 heteroatoms. The van der Waals surface area contributed by atoms with Gasteiger partial charge in [0, 0.05) is 12.1 Å². The van der Waals surface area contributed by atoms with Crippen LogP contribution in [0.3, 0.4) is 0 Å². The molecule has 1 heterocycles. The quantitative estimate of drug-likeness (QED) is 0.859. The maximum atomic E-state index is 11.4. The fourth-order valence-electron chi connectivity index (χ4n) is 1.47. The molecule has 1 aromatic heterocycles. The van der Waals surface area contributed by atoms with Crippen LogP contribution in [-0.2, 0) is 4.79 Å². The van der Waals surface area contributed by atoms with Crippen molar-refractivity contribution in [2.24, 2.45) is 0 Å². The highest BCUT2D eigenvalue weighted by molar-refractivity contribution is 7.22. The van der Waals surface area contributed by atoms with Gasteiger partial charge in [-0.05, 0) is 24.6 Å². The zero-order valence-electron chi connectivity index (χ0n) is 8.99. The molecule has 0 aliphatic carbocycles. The summed E-state index contributed by atoms with van der Waals surface area (Å²) in [6.07, 6.45) is 1.39. The Hall–Kier alpha value is -1.62. The zero-order chi connectivity index (χ0) is 11.5. The summed E-state index contributed by atoms with van der Waals surface area (Å²) in [6.45, 7) is 1.98. The van der Waals surface area contributed by atoms with Crippen LogP contribution >= 0.6 is 11.3 Å². The molecule has 0 aliphatic rings. The van der Waals surface area contributed by atoms with Crippen LogP contribution in [0.1, 0.15) is 19.8 Å². The van der Waals surface area contributed by atoms with Crippen LogP contribution in [0.5, 0.6) is 0 Å². The van der Waals surface area contributed by atoms with Gasteiger partial charge in [0.25, 0.3) is 0 Å². The topological polar surface area (TPSA) is 68.0 Å². The minimum absolute atomic E-state index is 0.0411. The third-order valence-corrected chi connectivity index (χ3v) is 3.01. The number of carbonyl (C=O) groups is 1. The Balaban J connectivity index is 2.22. The molecule has 16 heavy (non-hydrogen) atoms. The van der Waals surface area contributed by atoms with Crippen molar-refractivity contribution in [2.75, 3.05) is 11.1 Å². The van der Waals surface area contributed by atoms with E-state index in [0.29, 0.717) is 11.6 Å². The predicted molar refractivity (Wildman–Crippen MR) is 67.6 cm³/mol. The summed E-state index contributed by atoms with van der Waals surface area (Å²) in [5, 5.41) is 3.39. The Kier molecular flexibility index (Phi) is 3.05. The zero-order valence-corrected chi connectivity index (χ0v) is 9.80. The van der Waals surface area contributed by atoms with E-state index in [1.54, 1.807) is 0 Å². The molecule has 0 atom stereocenters. The summed E-state index contributed by atoms with van der Waals surface area (Å²) in [5.74, 6) is 0.0411. The number of aromatic nitrogens is 1. The highest BCUT2D eigenvalue weighted by Crippen LogP contribution is 2.26. The molecule has 0 spiro atoms. The van der Waals surface area contributed by atoms with Crippen molar-refractivity contribution >= 4 is 38.3 Å². The lowest BCUT2D eigenvalue weighted by atomic mass is 10.2. The number of fused-ring (bicyclic) bond motifs is 1. The van der Waals surface area contributed by atoms with Gasteiger partial charge in [-0.3, -0.25) is 4.79 Å². The number of nitrogen functional groups attached to an aromatic ring is 1. The van der Waals surface area contributed by atoms with Crippen molar-refractivity contribution in [1.82, 2.24) is 4.98 Å². The lowest BCUT2D eigenvalue weighted by molar-refractivity contribution is -0.116. The van der Waals surface area contributed by atoms with E-state index in [1.165, 1.54) is 11.3 Å². The molecule has 0 saturated carbocycles. The molecule has 0 fully saturated rings. The van der Waals surface area contributed by atoms with Gasteiger partial charge in [-0.1, -0.05) is 18.3 Å². The van der Waals surface area contributed by atoms with E-state index in [-0.39, 0.29) is 5.91 Å². The van der Waals surface area contributed by atoms with Crippen molar-refractivity contribution < 1.29 is 4.79 Å². The Labute approximate surface area is 97.5 Å². The van der Waals surface area contributed by atoms with Gasteiger partial charge in [-0.2, -0.15) is 0 Å². The van der Waals surface area contributed by atoms with Crippen LogP contribution < -0.4 is 11.1 Å². The van der Waals surface area contributed by atoms with E-state index < -0.39 is 0 Å². The van der Waals surface area contributed by atoms with Crippen LogP contribution in [-0.4, -0.2) is 10.9 Å². The first-order valence-corrected chi connectivity index (χ1v) is 5.96. The number of nitrogens with one attached hydrogen (secondary N) is 1. The van der Waals surface area contributed by atoms with E-state index in [9.17, 15) is 4.79 Å². The van der Waals surface area contributed by atoms with Crippen LogP contribution in [0.15, 0.2) is 18.2 Å². The number of nitrogens with zero attached hydrogens (tertiary/aromatic N) is 1. The van der Waals surface area contributed by atoms with E-state index in [0.717, 1.165) is 22.3 Å². The van der Waals surface area contributed by atoms with Gasteiger partial charge in [0.1, 0.15) is 0 Å². The highest BCUT2D eigenvalue weighted by atomic mass is 32.1. The van der Waals surface area contributed by atoms with Crippen molar-refractivity contribution in [2.45, 2.75) is 19.8 Å². The second-order valence-corrected chi connectivity index (χ2v) is 4.60. The van der Waals surface area contributed by atoms with Crippen molar-refractivity contribution in [3.8, 4) is 0 Å². The maximum absolute atomic E-state index is 11.4. The summed E-state index contributed by atoms with van der Waals surface area (Å²) < 4.78 is 0.992. The molecular formula is C11H13N3OS. The molecule has 0 saturated heterocycles. The SMILES string of the molecule is CCCC(=O)Nc1ccc2nc(N)sc2c1. The number of rotatable bonds is 3. The van der Waals surface area contributed by atoms with E-state index >= 15 is 0 Å². The molecule has 0 unspecified atom stereocenters. The van der Waals surface area contributed by atoms with Crippen LogP contribution in [0, 0.1) is 0 Å². The Morgan fingerprint density at radius 1 is 1.56 bits per heavy atom. The third kappa shape index (κ3) is 2.30. The average molecular weight is 235 g/mol. The van der Waals surface area contributed by atoms with Crippen molar-refractivity contribution in [3.05, 3.63) is 18.2 Å². The highest BCUT2D eigenvalue weighted by Gasteiger charge is 2.04. The standard InChI is InChI=1S/C11H13N3OS/c1-2-3-10(15)13-7-4-5-8-9(6-7)16-11(12)14-8/h4-6H,2-3H2,1H3,(H2,12,14)(H,13,15). The van der Waals surface area contributed by atoms with Gasteiger partial charge in [-0.25, -0.2) is 4.98 Å². The largest absolute Gasteiger partial charge is 0.375 e. The summed E-state index contributed by atoms with van der Waals surface area (Å²) >= 11 is 1.42. The second kappa shape index (κ2) is 4.49. The molecule has 2 rings (SSSR count). The average Bonchev–Trinajstić information content (AvgIpc) is 2.57. The monoisotopic (exact) mass is 235 g/mol. The molecule has 0 aliphatic heterocycles. The molecule has 4 nitrogen and oxygen atoms in total. The summed E-state index contributed by atoms with van der Waals surface area (Å²) in [5.41, 5.74) is 7.28. The predicted octanol–water partition coefficient (Wildman–Crippen LogP) is 2.62. The summed E-state index contributed by atoms with van der Waals surface area (Å²) in [6, 6.07) is 5.61. The van der Waals surface area contributed by atoms with Crippen LogP contribution in [0.2, 0.25) is 0 Å². The van der Waals surface area contributed by atoms with Gasteiger partial charge in [-0.15, -0.1) is 0 Å². The first kappa shape index (κ1) is 10.9. The Morgan fingerprint density at radius 2 is 2.38 bits per heavy atom.